The van der Waals surface area contributed by atoms with Crippen LogP contribution in [0.25, 0.3) is 11.4 Å². The fourth-order valence-electron chi connectivity index (χ4n) is 3.24. The van der Waals surface area contributed by atoms with Crippen molar-refractivity contribution in [3.8, 4) is 11.4 Å². The van der Waals surface area contributed by atoms with E-state index >= 15 is 0 Å². The highest BCUT2D eigenvalue weighted by atomic mass is 16.5. The van der Waals surface area contributed by atoms with Crippen LogP contribution in [0.5, 0.6) is 0 Å². The molecule has 0 saturated carbocycles. The Hall–Kier alpha value is -2.25. The second-order valence-electron chi connectivity index (χ2n) is 7.20. The van der Waals surface area contributed by atoms with Crippen molar-refractivity contribution in [1.82, 2.24) is 15.0 Å². The summed E-state index contributed by atoms with van der Waals surface area (Å²) in [5.74, 6) is 2.66. The molecule has 4 unspecified atom stereocenters. The van der Waals surface area contributed by atoms with Crippen LogP contribution >= 0.6 is 0 Å². The number of aromatic nitrogens is 3. The summed E-state index contributed by atoms with van der Waals surface area (Å²) in [6, 6.07) is 10.4. The Kier molecular flexibility index (Phi) is 4.99. The summed E-state index contributed by atoms with van der Waals surface area (Å²) < 4.78 is 11.1. The van der Waals surface area contributed by atoms with Gasteiger partial charge in [0.25, 0.3) is 0 Å². The molecule has 1 aromatic heterocycles. The van der Waals surface area contributed by atoms with E-state index in [1.807, 2.05) is 30.3 Å². The minimum absolute atomic E-state index is 0.211. The van der Waals surface area contributed by atoms with Gasteiger partial charge in [0.05, 0.1) is 38.5 Å². The van der Waals surface area contributed by atoms with Gasteiger partial charge in [-0.25, -0.2) is 0 Å². The van der Waals surface area contributed by atoms with E-state index in [1.54, 1.807) is 0 Å². The monoisotopic (exact) mass is 355 g/mol. The summed E-state index contributed by atoms with van der Waals surface area (Å²) in [5, 5.41) is 6.84. The minimum Gasteiger partial charge on any atom is -0.379 e. The van der Waals surface area contributed by atoms with Crippen molar-refractivity contribution in [3.05, 3.63) is 30.3 Å². The van der Waals surface area contributed by atoms with E-state index in [-0.39, 0.29) is 12.1 Å². The molecule has 0 spiro atoms. The fraction of sp³-hybridized carbons (Fsp3) is 0.526. The number of nitrogens with one attached hydrogen (secondary N) is 2. The highest BCUT2D eigenvalue weighted by Gasteiger charge is 2.27. The average molecular weight is 355 g/mol. The lowest BCUT2D eigenvalue weighted by Gasteiger charge is -2.19. The van der Waals surface area contributed by atoms with Crippen LogP contribution < -0.4 is 10.6 Å². The summed E-state index contributed by atoms with van der Waals surface area (Å²) >= 11 is 0. The summed E-state index contributed by atoms with van der Waals surface area (Å²) in [5.41, 5.74) is 0.965. The van der Waals surface area contributed by atoms with Gasteiger partial charge in [-0.15, -0.1) is 0 Å². The number of rotatable bonds is 5. The minimum atomic E-state index is 0.211. The number of benzene rings is 1. The Morgan fingerprint density at radius 2 is 1.31 bits per heavy atom. The molecule has 3 heterocycles. The molecule has 0 amide bonds. The van der Waals surface area contributed by atoms with Gasteiger partial charge in [0.15, 0.2) is 5.82 Å². The predicted molar refractivity (Wildman–Crippen MR) is 100 cm³/mol. The zero-order chi connectivity index (χ0) is 17.9. The molecule has 0 bridgehead atoms. The third-order valence-electron chi connectivity index (χ3n) is 5.03. The summed E-state index contributed by atoms with van der Waals surface area (Å²) in [6.07, 6.45) is 0. The molecular weight excluding hydrogens is 330 g/mol. The van der Waals surface area contributed by atoms with E-state index in [1.165, 1.54) is 0 Å². The molecular formula is C19H25N5O2. The third kappa shape index (κ3) is 3.78. The number of anilines is 2. The van der Waals surface area contributed by atoms with Gasteiger partial charge < -0.3 is 20.1 Å². The normalized spacial score (nSPS) is 28.2. The Morgan fingerprint density at radius 1 is 0.769 bits per heavy atom. The molecule has 4 atom stereocenters. The van der Waals surface area contributed by atoms with Crippen molar-refractivity contribution in [1.29, 1.82) is 0 Å². The molecule has 7 heteroatoms. The Labute approximate surface area is 153 Å². The first kappa shape index (κ1) is 17.2. The Bertz CT molecular complexity index is 702. The highest BCUT2D eigenvalue weighted by molar-refractivity contribution is 5.58. The smallest absolute Gasteiger partial charge is 0.228 e. The van der Waals surface area contributed by atoms with Gasteiger partial charge >= 0.3 is 0 Å². The second-order valence-corrected chi connectivity index (χ2v) is 7.20. The van der Waals surface area contributed by atoms with Gasteiger partial charge in [0, 0.05) is 17.4 Å². The molecule has 2 saturated heterocycles. The largest absolute Gasteiger partial charge is 0.379 e. The molecule has 0 aliphatic carbocycles. The topological polar surface area (TPSA) is 81.2 Å². The van der Waals surface area contributed by atoms with Gasteiger partial charge in [-0.1, -0.05) is 44.2 Å². The first-order valence-corrected chi connectivity index (χ1v) is 9.19. The van der Waals surface area contributed by atoms with Crippen molar-refractivity contribution in [3.63, 3.8) is 0 Å². The van der Waals surface area contributed by atoms with Crippen molar-refractivity contribution < 1.29 is 9.47 Å². The van der Waals surface area contributed by atoms with Crippen molar-refractivity contribution in [2.75, 3.05) is 37.1 Å². The quantitative estimate of drug-likeness (QED) is 0.852. The van der Waals surface area contributed by atoms with Crippen LogP contribution in [0, 0.1) is 11.8 Å². The lowest BCUT2D eigenvalue weighted by atomic mass is 10.1. The highest BCUT2D eigenvalue weighted by Crippen LogP contribution is 2.22. The van der Waals surface area contributed by atoms with E-state index in [2.05, 4.69) is 39.4 Å². The maximum absolute atomic E-state index is 5.54. The SMILES string of the molecule is CC1COCC1Nc1nc(NC2COCC2C)nc(-c2ccccc2)n1. The molecule has 2 aliphatic heterocycles. The number of nitrogens with zero attached hydrogens (tertiary/aromatic N) is 3. The molecule has 1 aromatic carbocycles. The van der Waals surface area contributed by atoms with Crippen molar-refractivity contribution in [2.45, 2.75) is 25.9 Å². The first-order valence-electron chi connectivity index (χ1n) is 9.19. The zero-order valence-electron chi connectivity index (χ0n) is 15.2. The average Bonchev–Trinajstić information content (AvgIpc) is 3.24. The Balaban J connectivity index is 1.62. The van der Waals surface area contributed by atoms with E-state index < -0.39 is 0 Å². The summed E-state index contributed by atoms with van der Waals surface area (Å²) in [4.78, 5) is 13.9. The maximum atomic E-state index is 5.54. The lowest BCUT2D eigenvalue weighted by molar-refractivity contribution is 0.187. The molecule has 138 valence electrons. The van der Waals surface area contributed by atoms with Crippen LogP contribution in [-0.4, -0.2) is 53.5 Å². The molecule has 26 heavy (non-hydrogen) atoms. The van der Waals surface area contributed by atoms with Crippen LogP contribution in [-0.2, 0) is 9.47 Å². The van der Waals surface area contributed by atoms with Gasteiger partial charge in [0.1, 0.15) is 0 Å². The van der Waals surface area contributed by atoms with E-state index in [0.29, 0.717) is 42.8 Å². The molecule has 4 rings (SSSR count). The zero-order valence-corrected chi connectivity index (χ0v) is 15.2. The van der Waals surface area contributed by atoms with Crippen LogP contribution in [0.4, 0.5) is 11.9 Å². The maximum Gasteiger partial charge on any atom is 0.228 e. The fourth-order valence-corrected chi connectivity index (χ4v) is 3.24. The molecule has 2 aromatic rings. The molecule has 0 radical (unpaired) electrons. The number of ether oxygens (including phenoxy) is 2. The Morgan fingerprint density at radius 3 is 1.77 bits per heavy atom. The summed E-state index contributed by atoms with van der Waals surface area (Å²) in [7, 11) is 0. The lowest BCUT2D eigenvalue weighted by Crippen LogP contribution is -2.29. The van der Waals surface area contributed by atoms with E-state index in [4.69, 9.17) is 9.47 Å². The van der Waals surface area contributed by atoms with Crippen LogP contribution in [0.3, 0.4) is 0 Å². The van der Waals surface area contributed by atoms with E-state index in [0.717, 1.165) is 18.8 Å². The van der Waals surface area contributed by atoms with Gasteiger partial charge in [-0.3, -0.25) is 0 Å². The molecule has 7 nitrogen and oxygen atoms in total. The van der Waals surface area contributed by atoms with Crippen molar-refractivity contribution in [2.24, 2.45) is 11.8 Å². The van der Waals surface area contributed by atoms with Crippen LogP contribution in [0.15, 0.2) is 30.3 Å². The summed E-state index contributed by atoms with van der Waals surface area (Å²) in [6.45, 7) is 7.20. The second kappa shape index (κ2) is 7.55. The van der Waals surface area contributed by atoms with Crippen LogP contribution in [0.2, 0.25) is 0 Å². The molecule has 2 fully saturated rings. The van der Waals surface area contributed by atoms with Crippen LogP contribution in [0.1, 0.15) is 13.8 Å². The first-order chi connectivity index (χ1) is 12.7. The van der Waals surface area contributed by atoms with E-state index in [9.17, 15) is 0 Å². The van der Waals surface area contributed by atoms with Gasteiger partial charge in [0.2, 0.25) is 11.9 Å². The molecule has 2 N–H and O–H groups in total. The molecule has 2 aliphatic rings. The van der Waals surface area contributed by atoms with Gasteiger partial charge in [-0.05, 0) is 0 Å². The van der Waals surface area contributed by atoms with Crippen molar-refractivity contribution >= 4 is 11.9 Å². The van der Waals surface area contributed by atoms with Gasteiger partial charge in [-0.2, -0.15) is 15.0 Å². The number of hydrogen-bond donors (Lipinski definition) is 2. The number of hydrogen-bond acceptors (Lipinski definition) is 7. The standard InChI is InChI=1S/C19H25N5O2/c1-12-8-25-10-15(12)20-18-22-17(14-6-4-3-5-7-14)23-19(24-18)21-16-11-26-9-13(16)2/h3-7,12-13,15-16H,8-11H2,1-2H3,(H2,20,21,22,23,24). The predicted octanol–water partition coefficient (Wildman–Crippen LogP) is 2.43. The third-order valence-corrected chi connectivity index (χ3v) is 5.03.